The quantitative estimate of drug-likeness (QED) is 0.0248. The maximum absolute atomic E-state index is 12.4. The third-order valence-corrected chi connectivity index (χ3v) is 8.33. The molecule has 0 radical (unpaired) electrons. The molecule has 0 aromatic heterocycles. The molecule has 0 amide bonds. The summed E-state index contributed by atoms with van der Waals surface area (Å²) in [5.74, 6) is -4.88. The molecule has 0 saturated heterocycles. The highest BCUT2D eigenvalue weighted by Crippen LogP contribution is 2.38. The van der Waals surface area contributed by atoms with Gasteiger partial charge in [0.1, 0.15) is 74.3 Å². The average molecular weight is 767 g/mol. The van der Waals surface area contributed by atoms with Crippen LogP contribution in [0.25, 0.3) is 0 Å². The van der Waals surface area contributed by atoms with E-state index in [0.717, 1.165) is 0 Å². The fraction of sp³-hybridized carbons (Fsp3) is 0.867. The first-order valence-corrected chi connectivity index (χ1v) is 16.3. The lowest BCUT2D eigenvalue weighted by Gasteiger charge is -2.37. The summed E-state index contributed by atoms with van der Waals surface area (Å²) >= 11 is 0. The van der Waals surface area contributed by atoms with Crippen LogP contribution in [0.15, 0.2) is 0 Å². The standard InChI is InChI=1S/C30H54O22/c31-10-16(35)25(45)23(43)14(33)8-30(29(49)50,7-3-4-20(39)40)9-15(34)24(44)27(47)18(37)12-51-21(41)5-1-2-6-22(42)52-13-19(38)28(48)26(46)17(36)11-32/h14-19,23-28,31-38,43-48H,1-13H2,(H,39,40)(H,49,50)/t14?,15-,16-,17+,18+,19-,23-,24-,25-,26-,27-,28-,30+/m1/s1. The van der Waals surface area contributed by atoms with Crippen LogP contribution >= 0.6 is 0 Å². The Balaban J connectivity index is 5.12. The first-order valence-electron chi connectivity index (χ1n) is 16.3. The van der Waals surface area contributed by atoms with E-state index in [9.17, 15) is 85.6 Å². The molecule has 16 N–H and O–H groups in total. The molecule has 0 bridgehead atoms. The largest absolute Gasteiger partial charge is 0.481 e. The molecule has 0 aliphatic heterocycles. The van der Waals surface area contributed by atoms with Crippen molar-refractivity contribution in [3.8, 4) is 0 Å². The Morgan fingerprint density at radius 3 is 1.10 bits per heavy atom. The Labute approximate surface area is 297 Å². The molecule has 1 unspecified atom stereocenters. The van der Waals surface area contributed by atoms with E-state index in [1.54, 1.807) is 0 Å². The zero-order valence-electron chi connectivity index (χ0n) is 28.2. The predicted molar refractivity (Wildman–Crippen MR) is 167 cm³/mol. The number of hydrogen-bond acceptors (Lipinski definition) is 20. The average Bonchev–Trinajstić information content (AvgIpc) is 3.11. The van der Waals surface area contributed by atoms with E-state index >= 15 is 0 Å². The molecule has 22 nitrogen and oxygen atoms in total. The number of unbranched alkanes of at least 4 members (excludes halogenated alkanes) is 1. The highest BCUT2D eigenvalue weighted by Gasteiger charge is 2.46. The third-order valence-electron chi connectivity index (χ3n) is 8.33. The second kappa shape index (κ2) is 24.6. The number of carboxylic acids is 2. The third kappa shape index (κ3) is 17.0. The highest BCUT2D eigenvalue weighted by atomic mass is 16.5. The summed E-state index contributed by atoms with van der Waals surface area (Å²) in [6.45, 7) is -3.63. The zero-order valence-corrected chi connectivity index (χ0v) is 28.2. The van der Waals surface area contributed by atoms with Crippen molar-refractivity contribution in [3.05, 3.63) is 0 Å². The number of aliphatic hydroxyl groups is 14. The van der Waals surface area contributed by atoms with Crippen LogP contribution in [0.1, 0.15) is 57.8 Å². The van der Waals surface area contributed by atoms with Crippen molar-refractivity contribution in [2.24, 2.45) is 5.41 Å². The van der Waals surface area contributed by atoms with E-state index in [0.29, 0.717) is 0 Å². The molecule has 0 aromatic carbocycles. The van der Waals surface area contributed by atoms with E-state index in [4.69, 9.17) is 24.8 Å². The Morgan fingerprint density at radius 1 is 0.462 bits per heavy atom. The summed E-state index contributed by atoms with van der Waals surface area (Å²) in [4.78, 5) is 47.3. The number of hydrogen-bond donors (Lipinski definition) is 16. The van der Waals surface area contributed by atoms with E-state index in [1.807, 2.05) is 0 Å². The number of rotatable bonds is 29. The zero-order chi connectivity index (χ0) is 40.3. The van der Waals surface area contributed by atoms with Gasteiger partial charge in [-0.2, -0.15) is 0 Å². The number of carbonyl (C=O) groups is 4. The van der Waals surface area contributed by atoms with Crippen LogP contribution in [0.2, 0.25) is 0 Å². The van der Waals surface area contributed by atoms with Gasteiger partial charge in [-0.1, -0.05) is 0 Å². The van der Waals surface area contributed by atoms with Gasteiger partial charge < -0.3 is 91.2 Å². The van der Waals surface area contributed by atoms with Gasteiger partial charge in [-0.05, 0) is 38.5 Å². The van der Waals surface area contributed by atoms with Crippen LogP contribution in [-0.2, 0) is 28.7 Å². The van der Waals surface area contributed by atoms with Gasteiger partial charge in [0.25, 0.3) is 0 Å². The first-order chi connectivity index (χ1) is 24.1. The maximum atomic E-state index is 12.4. The molecule has 52 heavy (non-hydrogen) atoms. The van der Waals surface area contributed by atoms with Gasteiger partial charge in [-0.3, -0.25) is 19.2 Å². The molecule has 0 aromatic rings. The van der Waals surface area contributed by atoms with Crippen molar-refractivity contribution < 1.29 is 110 Å². The minimum Gasteiger partial charge on any atom is -0.481 e. The lowest BCUT2D eigenvalue weighted by Crippen LogP contribution is -2.51. The topological polar surface area (TPSA) is 410 Å². The molecule has 0 aliphatic carbocycles. The summed E-state index contributed by atoms with van der Waals surface area (Å²) in [6, 6.07) is 0. The number of carboxylic acid groups (broad SMARTS) is 2. The molecule has 306 valence electrons. The Bertz CT molecular complexity index is 1060. The van der Waals surface area contributed by atoms with E-state index in [2.05, 4.69) is 0 Å². The summed E-state index contributed by atoms with van der Waals surface area (Å²) in [5, 5.41) is 157. The summed E-state index contributed by atoms with van der Waals surface area (Å²) in [5.41, 5.74) is -2.32. The second-order valence-corrected chi connectivity index (χ2v) is 12.5. The molecular formula is C30H54O22. The number of aliphatic carboxylic acids is 2. The van der Waals surface area contributed by atoms with Crippen molar-refractivity contribution in [1.82, 2.24) is 0 Å². The Hall–Kier alpha value is -2.68. The lowest BCUT2D eigenvalue weighted by atomic mass is 9.71. The first kappa shape index (κ1) is 49.3. The molecule has 0 spiro atoms. The number of ether oxygens (including phenoxy) is 2. The van der Waals surface area contributed by atoms with Crippen LogP contribution in [0.3, 0.4) is 0 Å². The van der Waals surface area contributed by atoms with Crippen LogP contribution in [-0.4, -0.2) is 205 Å². The minimum absolute atomic E-state index is 0.0379. The monoisotopic (exact) mass is 766 g/mol. The highest BCUT2D eigenvalue weighted by molar-refractivity contribution is 5.75. The predicted octanol–water partition coefficient (Wildman–Crippen LogP) is -6.95. The molecule has 0 rings (SSSR count). The van der Waals surface area contributed by atoms with Gasteiger partial charge in [0, 0.05) is 19.3 Å². The minimum atomic E-state index is -2.32. The maximum Gasteiger partial charge on any atom is 0.309 e. The van der Waals surface area contributed by atoms with Crippen LogP contribution in [0.4, 0.5) is 0 Å². The van der Waals surface area contributed by atoms with E-state index in [1.165, 1.54) is 0 Å². The lowest BCUT2D eigenvalue weighted by molar-refractivity contribution is -0.168. The van der Waals surface area contributed by atoms with E-state index < -0.39 is 155 Å². The molecule has 0 fully saturated rings. The van der Waals surface area contributed by atoms with Crippen molar-refractivity contribution >= 4 is 23.9 Å². The Morgan fingerprint density at radius 2 is 0.788 bits per heavy atom. The molecule has 22 heteroatoms. The smallest absolute Gasteiger partial charge is 0.309 e. The van der Waals surface area contributed by atoms with Gasteiger partial charge in [0.15, 0.2) is 0 Å². The van der Waals surface area contributed by atoms with Crippen molar-refractivity contribution in [2.45, 2.75) is 131 Å². The fourth-order valence-electron chi connectivity index (χ4n) is 5.01. The number of esters is 2. The van der Waals surface area contributed by atoms with Gasteiger partial charge >= 0.3 is 23.9 Å². The molecule has 13 atom stereocenters. The molecule has 0 heterocycles. The summed E-state index contributed by atoms with van der Waals surface area (Å²) in [7, 11) is 0. The van der Waals surface area contributed by atoms with Crippen molar-refractivity contribution in [3.63, 3.8) is 0 Å². The molecule has 0 saturated carbocycles. The van der Waals surface area contributed by atoms with Crippen LogP contribution in [0.5, 0.6) is 0 Å². The van der Waals surface area contributed by atoms with Gasteiger partial charge in [-0.15, -0.1) is 0 Å². The summed E-state index contributed by atoms with van der Waals surface area (Å²) in [6.07, 6.45) is -28.7. The van der Waals surface area contributed by atoms with Crippen molar-refractivity contribution in [1.29, 1.82) is 0 Å². The molecular weight excluding hydrogens is 712 g/mol. The Kier molecular flexibility index (Phi) is 23.3. The number of carbonyl (C=O) groups excluding carboxylic acids is 2. The molecule has 0 aliphatic rings. The summed E-state index contributed by atoms with van der Waals surface area (Å²) < 4.78 is 9.54. The fourth-order valence-corrected chi connectivity index (χ4v) is 5.01. The van der Waals surface area contributed by atoms with Crippen LogP contribution in [0, 0.1) is 5.41 Å². The van der Waals surface area contributed by atoms with Crippen LogP contribution < -0.4 is 0 Å². The van der Waals surface area contributed by atoms with E-state index in [-0.39, 0.29) is 32.1 Å². The van der Waals surface area contributed by atoms with Gasteiger partial charge in [0.05, 0.1) is 30.8 Å². The normalized spacial score (nSPS) is 20.0. The second-order valence-electron chi connectivity index (χ2n) is 12.5. The number of aliphatic hydroxyl groups excluding tert-OH is 14. The van der Waals surface area contributed by atoms with Gasteiger partial charge in [-0.25, -0.2) is 0 Å². The van der Waals surface area contributed by atoms with Gasteiger partial charge in [0.2, 0.25) is 0 Å². The SMILES string of the molecule is O=C(O)CCC[C@](CC(O)[C@@H](O)[C@H](O)[C@H](O)CO)(C[C@@H](O)[C@@H](O)[C@H](O)[C@@H](O)COC(=O)CCCCC(=O)OC[C@@H](O)[C@@H](O)[C@H](O)[C@@H](O)CO)C(=O)O. The van der Waals surface area contributed by atoms with Crippen molar-refractivity contribution in [2.75, 3.05) is 26.4 Å².